The van der Waals surface area contributed by atoms with Crippen LogP contribution in [0.15, 0.2) is 0 Å². The maximum atomic E-state index is 5.74. The van der Waals surface area contributed by atoms with Crippen molar-refractivity contribution >= 4 is 8.07 Å². The Morgan fingerprint density at radius 2 is 1.69 bits per heavy atom. The molecule has 0 aromatic rings. The van der Waals surface area contributed by atoms with Gasteiger partial charge in [-0.25, -0.2) is 0 Å². The first-order valence-corrected chi connectivity index (χ1v) is 10.4. The summed E-state index contributed by atoms with van der Waals surface area (Å²) < 4.78 is 11.3. The Morgan fingerprint density at radius 3 is 2.25 bits per heavy atom. The Morgan fingerprint density at radius 1 is 1.06 bits per heavy atom. The molecule has 0 bridgehead atoms. The van der Waals surface area contributed by atoms with Gasteiger partial charge in [-0.3, -0.25) is 0 Å². The first-order chi connectivity index (χ1) is 7.47. The Bertz CT molecular complexity index is 181. The number of ether oxygens (including phenoxy) is 2. The minimum atomic E-state index is -0.936. The number of rotatable bonds is 6. The summed E-state index contributed by atoms with van der Waals surface area (Å²) in [5.41, 5.74) is 0. The third-order valence-electron chi connectivity index (χ3n) is 3.35. The number of hydrogen-bond acceptors (Lipinski definition) is 2. The molecule has 96 valence electrons. The van der Waals surface area contributed by atoms with Crippen molar-refractivity contribution in [3.63, 3.8) is 0 Å². The highest BCUT2D eigenvalue weighted by atomic mass is 28.3. The lowest BCUT2D eigenvalue weighted by molar-refractivity contribution is -0.0980. The second kappa shape index (κ2) is 6.77. The molecule has 1 saturated carbocycles. The van der Waals surface area contributed by atoms with E-state index in [0.29, 0.717) is 12.9 Å². The van der Waals surface area contributed by atoms with Crippen LogP contribution in [-0.4, -0.2) is 27.6 Å². The molecule has 1 aliphatic rings. The van der Waals surface area contributed by atoms with Crippen molar-refractivity contribution in [2.24, 2.45) is 5.92 Å². The van der Waals surface area contributed by atoms with Gasteiger partial charge in [-0.15, -0.1) is 0 Å². The van der Waals surface area contributed by atoms with Gasteiger partial charge in [-0.2, -0.15) is 0 Å². The van der Waals surface area contributed by atoms with Crippen LogP contribution in [0, 0.1) is 5.92 Å². The summed E-state index contributed by atoms with van der Waals surface area (Å²) in [6.07, 6.45) is 5.54. The topological polar surface area (TPSA) is 18.5 Å². The van der Waals surface area contributed by atoms with Crippen molar-refractivity contribution in [1.29, 1.82) is 0 Å². The van der Waals surface area contributed by atoms with Crippen molar-refractivity contribution in [2.45, 2.75) is 64.4 Å². The first kappa shape index (κ1) is 14.2. The third-order valence-corrected chi connectivity index (χ3v) is 5.05. The second-order valence-electron chi connectivity index (χ2n) is 6.39. The molecule has 2 nitrogen and oxygen atoms in total. The fraction of sp³-hybridized carbons (Fsp3) is 1.00. The summed E-state index contributed by atoms with van der Waals surface area (Å²) in [5, 5.41) is 0. The Hall–Kier alpha value is 0.137. The maximum absolute atomic E-state index is 5.74. The van der Waals surface area contributed by atoms with Gasteiger partial charge in [0.15, 0.2) is 0 Å². The van der Waals surface area contributed by atoms with Gasteiger partial charge in [-0.1, -0.05) is 26.6 Å². The van der Waals surface area contributed by atoms with Crippen LogP contribution in [0.2, 0.25) is 25.7 Å². The molecular formula is C13H28O2Si. The standard InChI is InChI=1S/C13H28O2Si/c1-12-5-7-13(8-6-12)15-11-14-9-10-16(2,3)4/h12-13H,5-11H2,1-4H3. The van der Waals surface area contributed by atoms with E-state index in [2.05, 4.69) is 26.6 Å². The zero-order valence-electron chi connectivity index (χ0n) is 11.4. The van der Waals surface area contributed by atoms with Gasteiger partial charge < -0.3 is 9.47 Å². The molecule has 0 spiro atoms. The average Bonchev–Trinajstić information content (AvgIpc) is 2.19. The van der Waals surface area contributed by atoms with E-state index in [1.165, 1.54) is 31.7 Å². The summed E-state index contributed by atoms with van der Waals surface area (Å²) in [5.74, 6) is 0.896. The molecule has 16 heavy (non-hydrogen) atoms. The van der Waals surface area contributed by atoms with Crippen LogP contribution in [-0.2, 0) is 9.47 Å². The Kier molecular flexibility index (Phi) is 6.01. The van der Waals surface area contributed by atoms with Crippen LogP contribution in [0.25, 0.3) is 0 Å². The maximum Gasteiger partial charge on any atom is 0.147 e. The van der Waals surface area contributed by atoms with Crippen LogP contribution in [0.1, 0.15) is 32.6 Å². The molecular weight excluding hydrogens is 216 g/mol. The van der Waals surface area contributed by atoms with E-state index in [1.807, 2.05) is 0 Å². The van der Waals surface area contributed by atoms with E-state index < -0.39 is 8.07 Å². The van der Waals surface area contributed by atoms with Gasteiger partial charge >= 0.3 is 0 Å². The van der Waals surface area contributed by atoms with E-state index in [4.69, 9.17) is 9.47 Å². The van der Waals surface area contributed by atoms with Crippen molar-refractivity contribution < 1.29 is 9.47 Å². The molecule has 0 unspecified atom stereocenters. The van der Waals surface area contributed by atoms with Crippen molar-refractivity contribution in [3.05, 3.63) is 0 Å². The molecule has 0 amide bonds. The highest BCUT2D eigenvalue weighted by molar-refractivity contribution is 6.76. The molecule has 0 heterocycles. The van der Waals surface area contributed by atoms with Crippen LogP contribution >= 0.6 is 0 Å². The summed E-state index contributed by atoms with van der Waals surface area (Å²) in [6.45, 7) is 10.8. The van der Waals surface area contributed by atoms with Gasteiger partial charge in [0.05, 0.1) is 6.10 Å². The van der Waals surface area contributed by atoms with Gasteiger partial charge in [0.1, 0.15) is 6.79 Å². The molecule has 0 saturated heterocycles. The summed E-state index contributed by atoms with van der Waals surface area (Å²) in [7, 11) is -0.936. The first-order valence-electron chi connectivity index (χ1n) is 6.67. The predicted molar refractivity (Wildman–Crippen MR) is 71.5 cm³/mol. The minimum Gasteiger partial charge on any atom is -0.356 e. The lowest BCUT2D eigenvalue weighted by Crippen LogP contribution is -2.24. The minimum absolute atomic E-state index is 0.461. The van der Waals surface area contributed by atoms with Crippen molar-refractivity contribution in [3.8, 4) is 0 Å². The van der Waals surface area contributed by atoms with Crippen LogP contribution < -0.4 is 0 Å². The largest absolute Gasteiger partial charge is 0.356 e. The van der Waals surface area contributed by atoms with E-state index in [0.717, 1.165) is 12.5 Å². The molecule has 0 radical (unpaired) electrons. The van der Waals surface area contributed by atoms with Crippen molar-refractivity contribution in [1.82, 2.24) is 0 Å². The van der Waals surface area contributed by atoms with Crippen LogP contribution in [0.3, 0.4) is 0 Å². The highest BCUT2D eigenvalue weighted by Crippen LogP contribution is 2.25. The Balaban J connectivity index is 1.95. The van der Waals surface area contributed by atoms with E-state index >= 15 is 0 Å². The van der Waals surface area contributed by atoms with E-state index in [9.17, 15) is 0 Å². The summed E-state index contributed by atoms with van der Waals surface area (Å²) in [4.78, 5) is 0. The molecule has 0 aromatic heterocycles. The Labute approximate surface area is 102 Å². The molecule has 0 aromatic carbocycles. The molecule has 1 aliphatic carbocycles. The van der Waals surface area contributed by atoms with E-state index in [-0.39, 0.29) is 0 Å². The monoisotopic (exact) mass is 244 g/mol. The fourth-order valence-electron chi connectivity index (χ4n) is 1.98. The lowest BCUT2D eigenvalue weighted by atomic mass is 9.89. The van der Waals surface area contributed by atoms with Gasteiger partial charge in [-0.05, 0) is 37.6 Å². The smallest absolute Gasteiger partial charge is 0.147 e. The van der Waals surface area contributed by atoms with E-state index in [1.54, 1.807) is 0 Å². The zero-order chi connectivity index (χ0) is 12.0. The van der Waals surface area contributed by atoms with Crippen molar-refractivity contribution in [2.75, 3.05) is 13.4 Å². The van der Waals surface area contributed by atoms with Gasteiger partial charge in [0.2, 0.25) is 0 Å². The zero-order valence-corrected chi connectivity index (χ0v) is 12.4. The molecule has 1 rings (SSSR count). The molecule has 1 fully saturated rings. The van der Waals surface area contributed by atoms with Crippen LogP contribution in [0.4, 0.5) is 0 Å². The summed E-state index contributed by atoms with van der Waals surface area (Å²) in [6, 6.07) is 1.23. The predicted octanol–water partition coefficient (Wildman–Crippen LogP) is 3.89. The molecule has 0 N–H and O–H groups in total. The fourth-order valence-corrected chi connectivity index (χ4v) is 2.73. The average molecular weight is 244 g/mol. The molecule has 0 aliphatic heterocycles. The third kappa shape index (κ3) is 6.66. The number of hydrogen-bond donors (Lipinski definition) is 0. The molecule has 0 atom stereocenters. The quantitative estimate of drug-likeness (QED) is 0.401. The van der Waals surface area contributed by atoms with Gasteiger partial charge in [0.25, 0.3) is 0 Å². The normalized spacial score (nSPS) is 27.0. The van der Waals surface area contributed by atoms with Crippen LogP contribution in [0.5, 0.6) is 0 Å². The SMILES string of the molecule is CC1CCC(OCOCC[Si](C)(C)C)CC1. The molecule has 3 heteroatoms. The lowest BCUT2D eigenvalue weighted by Gasteiger charge is -2.26. The summed E-state index contributed by atoms with van der Waals surface area (Å²) >= 11 is 0. The second-order valence-corrected chi connectivity index (χ2v) is 12.0. The highest BCUT2D eigenvalue weighted by Gasteiger charge is 2.18. The van der Waals surface area contributed by atoms with Gasteiger partial charge in [0, 0.05) is 14.7 Å².